The molecule has 0 spiro atoms. The van der Waals surface area contributed by atoms with Crippen molar-refractivity contribution in [2.24, 2.45) is 0 Å². The largest absolute Gasteiger partial charge is 0.496 e. The van der Waals surface area contributed by atoms with Crippen LogP contribution in [0.1, 0.15) is 32.8 Å². The number of hydrogen-bond donors (Lipinski definition) is 2. The summed E-state index contributed by atoms with van der Waals surface area (Å²) in [6, 6.07) is 6.35. The van der Waals surface area contributed by atoms with Crippen molar-refractivity contribution < 1.29 is 19.1 Å². The van der Waals surface area contributed by atoms with Crippen LogP contribution in [0.2, 0.25) is 0 Å². The molecule has 1 atom stereocenters. The molecule has 136 valence electrons. The number of urea groups is 1. The summed E-state index contributed by atoms with van der Waals surface area (Å²) in [7, 11) is 1.63. The first-order chi connectivity index (χ1) is 11.8. The molecule has 7 heteroatoms. The van der Waals surface area contributed by atoms with E-state index in [0.29, 0.717) is 6.54 Å². The van der Waals surface area contributed by atoms with Crippen LogP contribution in [0.5, 0.6) is 5.75 Å². The van der Waals surface area contributed by atoms with Crippen LogP contribution in [0.3, 0.4) is 0 Å². The molecular weight excluding hydrogens is 322 g/mol. The molecule has 1 aliphatic rings. The van der Waals surface area contributed by atoms with E-state index in [1.54, 1.807) is 27.9 Å². The van der Waals surface area contributed by atoms with E-state index >= 15 is 0 Å². The quantitative estimate of drug-likeness (QED) is 0.577. The van der Waals surface area contributed by atoms with Gasteiger partial charge in [0.2, 0.25) is 5.91 Å². The van der Waals surface area contributed by atoms with Crippen molar-refractivity contribution >= 4 is 17.8 Å². The molecule has 0 radical (unpaired) electrons. The molecule has 1 unspecified atom stereocenters. The summed E-state index contributed by atoms with van der Waals surface area (Å²) in [4.78, 5) is 37.4. The third-order valence-electron chi connectivity index (χ3n) is 4.27. The molecule has 4 amide bonds. The molecule has 1 fully saturated rings. The Labute approximate surface area is 147 Å². The molecule has 0 aliphatic carbocycles. The van der Waals surface area contributed by atoms with Gasteiger partial charge in [0.05, 0.1) is 7.11 Å². The molecule has 0 saturated carbocycles. The monoisotopic (exact) mass is 347 g/mol. The maximum absolute atomic E-state index is 12.3. The van der Waals surface area contributed by atoms with Gasteiger partial charge < -0.3 is 15.4 Å². The summed E-state index contributed by atoms with van der Waals surface area (Å²) >= 11 is 0. The third kappa shape index (κ3) is 4.10. The van der Waals surface area contributed by atoms with Crippen molar-refractivity contribution in [1.82, 2.24) is 15.5 Å². The van der Waals surface area contributed by atoms with Gasteiger partial charge in [0.25, 0.3) is 5.91 Å². The highest BCUT2D eigenvalue weighted by atomic mass is 16.5. The van der Waals surface area contributed by atoms with Gasteiger partial charge in [-0.1, -0.05) is 18.2 Å². The number of benzene rings is 1. The smallest absolute Gasteiger partial charge is 0.325 e. The average Bonchev–Trinajstić information content (AvgIpc) is 2.78. The van der Waals surface area contributed by atoms with Gasteiger partial charge in [-0.3, -0.25) is 9.59 Å². The van der Waals surface area contributed by atoms with Crippen LogP contribution in [-0.4, -0.2) is 48.0 Å². The zero-order chi connectivity index (χ0) is 18.6. The fourth-order valence-electron chi connectivity index (χ4n) is 2.79. The summed E-state index contributed by atoms with van der Waals surface area (Å²) in [5, 5.41) is 5.36. The Morgan fingerprint density at radius 2 is 2.00 bits per heavy atom. The standard InChI is InChI=1S/C18H25N3O4/c1-12(21-16(23)18(2,3)20-17(21)24)15(22)19-11-7-9-13-8-5-6-10-14(13)25-4/h5-6,8,10,12H,7,9,11H2,1-4H3,(H,19,22)(H,20,24). The number of aryl methyl sites for hydroxylation is 1. The van der Waals surface area contributed by atoms with Crippen molar-refractivity contribution in [3.63, 3.8) is 0 Å². The number of nitrogens with zero attached hydrogens (tertiary/aromatic N) is 1. The number of ether oxygens (including phenoxy) is 1. The van der Waals surface area contributed by atoms with Gasteiger partial charge in [0.15, 0.2) is 0 Å². The molecule has 0 bridgehead atoms. The van der Waals surface area contributed by atoms with Crippen molar-refractivity contribution in [3.8, 4) is 5.75 Å². The lowest BCUT2D eigenvalue weighted by atomic mass is 10.1. The molecule has 7 nitrogen and oxygen atoms in total. The topological polar surface area (TPSA) is 87.7 Å². The summed E-state index contributed by atoms with van der Waals surface area (Å²) in [6.07, 6.45) is 1.49. The van der Waals surface area contributed by atoms with Gasteiger partial charge in [-0.15, -0.1) is 0 Å². The van der Waals surface area contributed by atoms with Crippen molar-refractivity contribution in [1.29, 1.82) is 0 Å². The Kier molecular flexibility index (Phi) is 5.66. The van der Waals surface area contributed by atoms with E-state index in [4.69, 9.17) is 4.74 Å². The van der Waals surface area contributed by atoms with E-state index in [1.165, 1.54) is 0 Å². The average molecular weight is 347 g/mol. The van der Waals surface area contributed by atoms with E-state index in [-0.39, 0.29) is 5.91 Å². The van der Waals surface area contributed by atoms with Crippen molar-refractivity contribution in [2.45, 2.75) is 45.2 Å². The van der Waals surface area contributed by atoms with Crippen LogP contribution in [0.25, 0.3) is 0 Å². The first-order valence-electron chi connectivity index (χ1n) is 8.33. The van der Waals surface area contributed by atoms with Crippen LogP contribution < -0.4 is 15.4 Å². The van der Waals surface area contributed by atoms with E-state index < -0.39 is 23.5 Å². The van der Waals surface area contributed by atoms with Gasteiger partial charge in [0.1, 0.15) is 17.3 Å². The minimum absolute atomic E-state index is 0.346. The number of carbonyl (C=O) groups is 3. The van der Waals surface area contributed by atoms with Crippen LogP contribution >= 0.6 is 0 Å². The second kappa shape index (κ2) is 7.55. The van der Waals surface area contributed by atoms with Crippen molar-refractivity contribution in [3.05, 3.63) is 29.8 Å². The maximum Gasteiger partial charge on any atom is 0.325 e. The summed E-state index contributed by atoms with van der Waals surface area (Å²) in [5.41, 5.74) is 0.0957. The minimum Gasteiger partial charge on any atom is -0.496 e. The van der Waals surface area contributed by atoms with Gasteiger partial charge in [0, 0.05) is 6.54 Å². The molecule has 1 aromatic carbocycles. The molecule has 25 heavy (non-hydrogen) atoms. The van der Waals surface area contributed by atoms with E-state index in [2.05, 4.69) is 10.6 Å². The molecule has 1 aromatic rings. The fraction of sp³-hybridized carbons (Fsp3) is 0.500. The number of amides is 4. The Hall–Kier alpha value is -2.57. The number of imide groups is 1. The molecular formula is C18H25N3O4. The first-order valence-corrected chi connectivity index (χ1v) is 8.33. The predicted molar refractivity (Wildman–Crippen MR) is 93.2 cm³/mol. The van der Waals surface area contributed by atoms with Gasteiger partial charge >= 0.3 is 6.03 Å². The predicted octanol–water partition coefficient (Wildman–Crippen LogP) is 1.46. The number of carbonyl (C=O) groups excluding carboxylic acids is 3. The highest BCUT2D eigenvalue weighted by Gasteiger charge is 2.47. The Bertz CT molecular complexity index is 672. The number of nitrogens with one attached hydrogen (secondary N) is 2. The molecule has 1 heterocycles. The highest BCUT2D eigenvalue weighted by molar-refractivity contribution is 6.09. The fourth-order valence-corrected chi connectivity index (χ4v) is 2.79. The summed E-state index contributed by atoms with van der Waals surface area (Å²) in [5.74, 6) is 0.0826. The van der Waals surface area contributed by atoms with E-state index in [9.17, 15) is 14.4 Å². The molecule has 0 aromatic heterocycles. The number of para-hydroxylation sites is 1. The zero-order valence-electron chi connectivity index (χ0n) is 15.1. The molecule has 1 saturated heterocycles. The van der Waals surface area contributed by atoms with Crippen LogP contribution in [0, 0.1) is 0 Å². The normalized spacial score (nSPS) is 17.2. The van der Waals surface area contributed by atoms with Crippen LogP contribution in [0.15, 0.2) is 24.3 Å². The highest BCUT2D eigenvalue weighted by Crippen LogP contribution is 2.20. The SMILES string of the molecule is COc1ccccc1CCCNC(=O)C(C)N1C(=O)NC(C)(C)C1=O. The lowest BCUT2D eigenvalue weighted by Crippen LogP contribution is -2.49. The van der Waals surface area contributed by atoms with E-state index in [0.717, 1.165) is 29.1 Å². The molecule has 1 aliphatic heterocycles. The second-order valence-electron chi connectivity index (χ2n) is 6.61. The van der Waals surface area contributed by atoms with E-state index in [1.807, 2.05) is 24.3 Å². The first kappa shape index (κ1) is 18.8. The lowest BCUT2D eigenvalue weighted by Gasteiger charge is -2.22. The molecule has 2 N–H and O–H groups in total. The van der Waals surface area contributed by atoms with Gasteiger partial charge in [-0.05, 0) is 45.2 Å². The van der Waals surface area contributed by atoms with Gasteiger partial charge in [-0.25, -0.2) is 9.69 Å². The number of rotatable bonds is 7. The summed E-state index contributed by atoms with van der Waals surface area (Å²) in [6.45, 7) is 5.24. The zero-order valence-corrected chi connectivity index (χ0v) is 15.1. The van der Waals surface area contributed by atoms with Crippen molar-refractivity contribution in [2.75, 3.05) is 13.7 Å². The Morgan fingerprint density at radius 3 is 2.60 bits per heavy atom. The van der Waals surface area contributed by atoms with Gasteiger partial charge in [-0.2, -0.15) is 0 Å². The molecule has 2 rings (SSSR count). The number of methoxy groups -OCH3 is 1. The second-order valence-corrected chi connectivity index (χ2v) is 6.61. The Balaban J connectivity index is 1.84. The third-order valence-corrected chi connectivity index (χ3v) is 4.27. The Morgan fingerprint density at radius 1 is 1.32 bits per heavy atom. The number of hydrogen-bond acceptors (Lipinski definition) is 4. The van der Waals surface area contributed by atoms with Crippen LogP contribution in [-0.2, 0) is 16.0 Å². The van der Waals surface area contributed by atoms with Crippen LogP contribution in [0.4, 0.5) is 4.79 Å². The summed E-state index contributed by atoms with van der Waals surface area (Å²) < 4.78 is 5.30. The minimum atomic E-state index is -0.977. The maximum atomic E-state index is 12.3. The lowest BCUT2D eigenvalue weighted by molar-refractivity contribution is -0.137.